The zero-order valence-corrected chi connectivity index (χ0v) is 12.8. The molecular formula is C15H22ClNO2. The highest BCUT2D eigenvalue weighted by Gasteiger charge is 2.19. The Bertz CT molecular complexity index is 416. The standard InChI is InChI=1S/C15H22ClNO2/c1-5-14(19-4)12-7-6-8-13(9-12)17(11(2)3)15(18)10-16/h6-9,11,14H,5,10H2,1-4H3. The summed E-state index contributed by atoms with van der Waals surface area (Å²) in [4.78, 5) is 13.7. The van der Waals surface area contributed by atoms with Crippen LogP contribution in [0.1, 0.15) is 38.9 Å². The zero-order valence-electron chi connectivity index (χ0n) is 12.0. The molecule has 0 N–H and O–H groups in total. The molecule has 1 unspecified atom stereocenters. The first kappa shape index (κ1) is 16.0. The number of rotatable bonds is 6. The molecule has 1 aromatic rings. The number of hydrogen-bond donors (Lipinski definition) is 0. The molecule has 4 heteroatoms. The number of methoxy groups -OCH3 is 1. The minimum atomic E-state index is -0.0840. The van der Waals surface area contributed by atoms with Gasteiger partial charge in [-0.15, -0.1) is 11.6 Å². The topological polar surface area (TPSA) is 29.5 Å². The first-order valence-electron chi connectivity index (χ1n) is 6.55. The number of hydrogen-bond acceptors (Lipinski definition) is 2. The van der Waals surface area contributed by atoms with Crippen molar-refractivity contribution in [1.29, 1.82) is 0 Å². The molecule has 1 rings (SSSR count). The lowest BCUT2D eigenvalue weighted by Gasteiger charge is -2.27. The van der Waals surface area contributed by atoms with Crippen molar-refractivity contribution in [1.82, 2.24) is 0 Å². The number of amides is 1. The minimum absolute atomic E-state index is 0.0100. The SMILES string of the molecule is CCC(OC)c1cccc(N(C(=O)CCl)C(C)C)c1. The van der Waals surface area contributed by atoms with Gasteiger partial charge in [-0.2, -0.15) is 0 Å². The molecule has 0 heterocycles. The van der Waals surface area contributed by atoms with Gasteiger partial charge in [-0.3, -0.25) is 4.79 Å². The molecule has 1 atom stereocenters. The summed E-state index contributed by atoms with van der Waals surface area (Å²) in [5.41, 5.74) is 1.95. The predicted octanol–water partition coefficient (Wildman–Crippen LogP) is 3.76. The number of anilines is 1. The van der Waals surface area contributed by atoms with Crippen molar-refractivity contribution in [2.24, 2.45) is 0 Å². The van der Waals surface area contributed by atoms with Crippen LogP contribution in [0.4, 0.5) is 5.69 Å². The lowest BCUT2D eigenvalue weighted by Crippen LogP contribution is -2.37. The van der Waals surface area contributed by atoms with Crippen molar-refractivity contribution in [3.63, 3.8) is 0 Å². The van der Waals surface area contributed by atoms with Crippen LogP contribution in [0.5, 0.6) is 0 Å². The van der Waals surface area contributed by atoms with Gasteiger partial charge >= 0.3 is 0 Å². The van der Waals surface area contributed by atoms with Gasteiger partial charge < -0.3 is 9.64 Å². The third-order valence-electron chi connectivity index (χ3n) is 3.07. The fourth-order valence-corrected chi connectivity index (χ4v) is 2.34. The van der Waals surface area contributed by atoms with E-state index in [-0.39, 0.29) is 23.9 Å². The summed E-state index contributed by atoms with van der Waals surface area (Å²) in [6, 6.07) is 7.97. The van der Waals surface area contributed by atoms with E-state index in [2.05, 4.69) is 6.92 Å². The monoisotopic (exact) mass is 283 g/mol. The van der Waals surface area contributed by atoms with Gasteiger partial charge in [0, 0.05) is 18.8 Å². The van der Waals surface area contributed by atoms with Gasteiger partial charge in [0.2, 0.25) is 5.91 Å². The van der Waals surface area contributed by atoms with Crippen LogP contribution in [0, 0.1) is 0 Å². The van der Waals surface area contributed by atoms with Crippen LogP contribution in [-0.4, -0.2) is 24.9 Å². The number of carbonyl (C=O) groups is 1. The summed E-state index contributed by atoms with van der Waals surface area (Å²) >= 11 is 5.68. The Labute approximate surface area is 120 Å². The van der Waals surface area contributed by atoms with Crippen LogP contribution in [0.3, 0.4) is 0 Å². The lowest BCUT2D eigenvalue weighted by molar-refractivity contribution is -0.116. The molecule has 0 radical (unpaired) electrons. The third kappa shape index (κ3) is 3.95. The molecule has 0 bridgehead atoms. The Morgan fingerprint density at radius 1 is 1.42 bits per heavy atom. The maximum Gasteiger partial charge on any atom is 0.242 e. The molecule has 0 aliphatic carbocycles. The van der Waals surface area contributed by atoms with E-state index in [9.17, 15) is 4.79 Å². The molecule has 0 saturated carbocycles. The van der Waals surface area contributed by atoms with E-state index in [4.69, 9.17) is 16.3 Å². The highest BCUT2D eigenvalue weighted by Crippen LogP contribution is 2.26. The number of halogens is 1. The maximum atomic E-state index is 11.9. The number of carbonyl (C=O) groups excluding carboxylic acids is 1. The molecule has 0 saturated heterocycles. The molecule has 0 aromatic heterocycles. The molecule has 3 nitrogen and oxygen atoms in total. The van der Waals surface area contributed by atoms with Crippen LogP contribution in [0.15, 0.2) is 24.3 Å². The number of benzene rings is 1. The van der Waals surface area contributed by atoms with Gasteiger partial charge in [-0.1, -0.05) is 19.1 Å². The van der Waals surface area contributed by atoms with E-state index < -0.39 is 0 Å². The molecule has 1 amide bonds. The van der Waals surface area contributed by atoms with E-state index in [0.717, 1.165) is 17.7 Å². The summed E-state index contributed by atoms with van der Waals surface area (Å²) in [5.74, 6) is -0.0940. The third-order valence-corrected chi connectivity index (χ3v) is 3.30. The van der Waals surface area contributed by atoms with E-state index >= 15 is 0 Å². The smallest absolute Gasteiger partial charge is 0.242 e. The lowest BCUT2D eigenvalue weighted by atomic mass is 10.1. The van der Waals surface area contributed by atoms with E-state index in [1.54, 1.807) is 12.0 Å². The second kappa shape index (κ2) is 7.51. The van der Waals surface area contributed by atoms with Gasteiger partial charge in [-0.05, 0) is 38.0 Å². The summed E-state index contributed by atoms with van der Waals surface area (Å²) in [7, 11) is 1.70. The first-order valence-corrected chi connectivity index (χ1v) is 7.09. The number of ether oxygens (including phenoxy) is 1. The van der Waals surface area contributed by atoms with Crippen LogP contribution >= 0.6 is 11.6 Å². The second-order valence-corrected chi connectivity index (χ2v) is 4.99. The highest BCUT2D eigenvalue weighted by atomic mass is 35.5. The molecule has 0 spiro atoms. The molecular weight excluding hydrogens is 262 g/mol. The quantitative estimate of drug-likeness (QED) is 0.744. The van der Waals surface area contributed by atoms with Crippen molar-refractivity contribution in [3.8, 4) is 0 Å². The zero-order chi connectivity index (χ0) is 14.4. The summed E-state index contributed by atoms with van der Waals surface area (Å²) < 4.78 is 5.44. The number of nitrogens with zero attached hydrogens (tertiary/aromatic N) is 1. The average molecular weight is 284 g/mol. The summed E-state index contributed by atoms with van der Waals surface area (Å²) in [6.45, 7) is 6.03. The predicted molar refractivity (Wildman–Crippen MR) is 79.8 cm³/mol. The Morgan fingerprint density at radius 2 is 2.11 bits per heavy atom. The van der Waals surface area contributed by atoms with E-state index in [1.807, 2.05) is 38.1 Å². The average Bonchev–Trinajstić information content (AvgIpc) is 2.40. The second-order valence-electron chi connectivity index (χ2n) is 4.72. The van der Waals surface area contributed by atoms with Crippen LogP contribution < -0.4 is 4.90 Å². The highest BCUT2D eigenvalue weighted by molar-refractivity contribution is 6.29. The summed E-state index contributed by atoms with van der Waals surface area (Å²) in [5, 5.41) is 0. The molecule has 0 fully saturated rings. The van der Waals surface area contributed by atoms with Gasteiger partial charge in [-0.25, -0.2) is 0 Å². The molecule has 19 heavy (non-hydrogen) atoms. The minimum Gasteiger partial charge on any atom is -0.377 e. The van der Waals surface area contributed by atoms with Gasteiger partial charge in [0.05, 0.1) is 6.10 Å². The van der Waals surface area contributed by atoms with Crippen LogP contribution in [-0.2, 0) is 9.53 Å². The van der Waals surface area contributed by atoms with Crippen LogP contribution in [0.2, 0.25) is 0 Å². The Kier molecular flexibility index (Phi) is 6.32. The van der Waals surface area contributed by atoms with E-state index in [1.165, 1.54) is 0 Å². The number of alkyl halides is 1. The molecule has 0 aliphatic heterocycles. The largest absolute Gasteiger partial charge is 0.377 e. The Morgan fingerprint density at radius 3 is 2.58 bits per heavy atom. The summed E-state index contributed by atoms with van der Waals surface area (Å²) in [6.07, 6.45) is 0.950. The van der Waals surface area contributed by atoms with Crippen molar-refractivity contribution in [2.75, 3.05) is 17.9 Å². The van der Waals surface area contributed by atoms with Gasteiger partial charge in [0.25, 0.3) is 0 Å². The Hall–Kier alpha value is -1.06. The van der Waals surface area contributed by atoms with Gasteiger partial charge in [0.1, 0.15) is 5.88 Å². The van der Waals surface area contributed by atoms with Crippen molar-refractivity contribution < 1.29 is 9.53 Å². The van der Waals surface area contributed by atoms with Crippen molar-refractivity contribution in [2.45, 2.75) is 39.3 Å². The molecule has 0 aliphatic rings. The molecule has 106 valence electrons. The Balaban J connectivity index is 3.11. The van der Waals surface area contributed by atoms with Crippen LogP contribution in [0.25, 0.3) is 0 Å². The fraction of sp³-hybridized carbons (Fsp3) is 0.533. The fourth-order valence-electron chi connectivity index (χ4n) is 2.21. The van der Waals surface area contributed by atoms with Crippen molar-refractivity contribution >= 4 is 23.2 Å². The van der Waals surface area contributed by atoms with E-state index in [0.29, 0.717) is 0 Å². The van der Waals surface area contributed by atoms with Gasteiger partial charge in [0.15, 0.2) is 0 Å². The maximum absolute atomic E-state index is 11.9. The first-order chi connectivity index (χ1) is 9.04. The van der Waals surface area contributed by atoms with Crippen molar-refractivity contribution in [3.05, 3.63) is 29.8 Å². The molecule has 1 aromatic carbocycles. The normalized spacial score (nSPS) is 12.5.